The average molecular weight is 314 g/mol. The molecule has 0 aromatic rings. The molecule has 0 heterocycles. The van der Waals surface area contributed by atoms with Crippen molar-refractivity contribution in [1.82, 2.24) is 0 Å². The summed E-state index contributed by atoms with van der Waals surface area (Å²) < 4.78 is 6.76. The highest BCUT2D eigenvalue weighted by Gasteiger charge is 2.36. The van der Waals surface area contributed by atoms with E-state index in [1.165, 1.54) is 6.42 Å². The highest BCUT2D eigenvalue weighted by molar-refractivity contribution is 14.1. The van der Waals surface area contributed by atoms with Gasteiger partial charge in [-0.25, -0.2) is 0 Å². The smallest absolute Gasteiger partial charge is 0.191 e. The second-order valence-electron chi connectivity index (χ2n) is 5.18. The first kappa shape index (κ1) is 13.9. The molecule has 0 unspecified atom stereocenters. The maximum Gasteiger partial charge on any atom is 0.191 e. The molecule has 0 fully saturated rings. The first-order valence-corrected chi connectivity index (χ1v) is 9.10. The molecule has 0 bridgehead atoms. The third-order valence-electron chi connectivity index (χ3n) is 2.78. The summed E-state index contributed by atoms with van der Waals surface area (Å²) in [5, 5.41) is 0.349. The Morgan fingerprint density at radius 2 is 1.77 bits per heavy atom. The van der Waals surface area contributed by atoms with Crippen molar-refractivity contribution in [3.63, 3.8) is 0 Å². The summed E-state index contributed by atoms with van der Waals surface area (Å²) in [5.74, 6) is 0. The topological polar surface area (TPSA) is 9.23 Å². The van der Waals surface area contributed by atoms with Gasteiger partial charge < -0.3 is 4.43 Å². The quantitative estimate of drug-likeness (QED) is 0.429. The van der Waals surface area contributed by atoms with Crippen LogP contribution in [0.25, 0.3) is 0 Å². The zero-order chi connectivity index (χ0) is 10.7. The lowest BCUT2D eigenvalue weighted by atomic mass is 10.2. The van der Waals surface area contributed by atoms with E-state index in [0.29, 0.717) is 5.04 Å². The van der Waals surface area contributed by atoms with Crippen LogP contribution in [0.4, 0.5) is 0 Å². The van der Waals surface area contributed by atoms with E-state index in [4.69, 9.17) is 4.43 Å². The van der Waals surface area contributed by atoms with Gasteiger partial charge in [-0.15, -0.1) is 0 Å². The predicted octanol–water partition coefficient (Wildman–Crippen LogP) is 4.22. The zero-order valence-corrected chi connectivity index (χ0v) is 12.9. The van der Waals surface area contributed by atoms with Crippen molar-refractivity contribution in [2.24, 2.45) is 0 Å². The van der Waals surface area contributed by atoms with E-state index in [1.54, 1.807) is 0 Å². The standard InChI is InChI=1S/C10H23IOSi/c1-9(11)7-8-12-13(5,6)10(2,3)4/h9H,7-8H2,1-6H3/t9-/m0/s1. The molecule has 80 valence electrons. The molecule has 0 spiro atoms. The fourth-order valence-corrected chi connectivity index (χ4v) is 2.01. The molecule has 0 amide bonds. The molecule has 0 aromatic heterocycles. The lowest BCUT2D eigenvalue weighted by Gasteiger charge is -2.36. The zero-order valence-electron chi connectivity index (χ0n) is 9.78. The Morgan fingerprint density at radius 1 is 1.31 bits per heavy atom. The molecule has 0 aliphatic rings. The van der Waals surface area contributed by atoms with Crippen LogP contribution in [0.2, 0.25) is 18.1 Å². The second-order valence-corrected chi connectivity index (χ2v) is 12.1. The first-order valence-electron chi connectivity index (χ1n) is 4.95. The number of hydrogen-bond acceptors (Lipinski definition) is 1. The summed E-state index contributed by atoms with van der Waals surface area (Å²) in [7, 11) is -1.48. The van der Waals surface area contributed by atoms with Crippen LogP contribution < -0.4 is 0 Å². The Kier molecular flexibility index (Phi) is 5.48. The van der Waals surface area contributed by atoms with Gasteiger partial charge in [0.25, 0.3) is 0 Å². The molecular weight excluding hydrogens is 291 g/mol. The first-order chi connectivity index (χ1) is 5.67. The molecule has 0 aliphatic heterocycles. The molecule has 0 N–H and O–H groups in total. The van der Waals surface area contributed by atoms with Crippen LogP contribution in [-0.2, 0) is 4.43 Å². The van der Waals surface area contributed by atoms with Crippen molar-refractivity contribution in [1.29, 1.82) is 0 Å². The van der Waals surface area contributed by atoms with Crippen LogP contribution in [0.5, 0.6) is 0 Å². The van der Waals surface area contributed by atoms with Crippen LogP contribution >= 0.6 is 22.6 Å². The van der Waals surface area contributed by atoms with Gasteiger partial charge in [-0.2, -0.15) is 0 Å². The van der Waals surface area contributed by atoms with Gasteiger partial charge in [0.1, 0.15) is 0 Å². The summed E-state index contributed by atoms with van der Waals surface area (Å²) >= 11 is 2.45. The Balaban J connectivity index is 3.90. The molecule has 13 heavy (non-hydrogen) atoms. The van der Waals surface area contributed by atoms with Crippen molar-refractivity contribution in [2.45, 2.75) is 56.2 Å². The van der Waals surface area contributed by atoms with Gasteiger partial charge in [-0.05, 0) is 24.6 Å². The molecule has 0 saturated carbocycles. The average Bonchev–Trinajstić information content (AvgIpc) is 1.82. The maximum atomic E-state index is 6.04. The lowest BCUT2D eigenvalue weighted by Crippen LogP contribution is -2.41. The minimum absolute atomic E-state index is 0.349. The number of alkyl halides is 1. The van der Waals surface area contributed by atoms with Crippen molar-refractivity contribution < 1.29 is 4.43 Å². The van der Waals surface area contributed by atoms with Gasteiger partial charge in [0.2, 0.25) is 0 Å². The number of rotatable bonds is 4. The van der Waals surface area contributed by atoms with E-state index in [0.717, 1.165) is 10.5 Å². The van der Waals surface area contributed by atoms with E-state index in [1.807, 2.05) is 0 Å². The third-order valence-corrected chi connectivity index (χ3v) is 7.95. The molecular formula is C10H23IOSi. The minimum atomic E-state index is -1.48. The fraction of sp³-hybridized carbons (Fsp3) is 1.00. The Hall–Kier alpha value is 0.907. The van der Waals surface area contributed by atoms with Crippen LogP contribution in [0.1, 0.15) is 34.1 Å². The molecule has 3 heteroatoms. The number of hydrogen-bond donors (Lipinski definition) is 0. The van der Waals surface area contributed by atoms with Crippen molar-refractivity contribution >= 4 is 30.9 Å². The highest BCUT2D eigenvalue weighted by atomic mass is 127. The van der Waals surface area contributed by atoms with E-state index < -0.39 is 8.32 Å². The van der Waals surface area contributed by atoms with Crippen LogP contribution in [0.15, 0.2) is 0 Å². The maximum absolute atomic E-state index is 6.04. The molecule has 0 aliphatic carbocycles. The Morgan fingerprint density at radius 3 is 2.08 bits per heavy atom. The summed E-state index contributed by atoms with van der Waals surface area (Å²) in [6, 6.07) is 0. The summed E-state index contributed by atoms with van der Waals surface area (Å²) in [4.78, 5) is 0. The Bertz CT molecular complexity index is 149. The second kappa shape index (κ2) is 5.12. The van der Waals surface area contributed by atoms with E-state index in [9.17, 15) is 0 Å². The number of halogens is 1. The van der Waals surface area contributed by atoms with Gasteiger partial charge in [-0.1, -0.05) is 50.3 Å². The highest BCUT2D eigenvalue weighted by Crippen LogP contribution is 2.36. The summed E-state index contributed by atoms with van der Waals surface area (Å²) in [6.45, 7) is 14.6. The van der Waals surface area contributed by atoms with Crippen LogP contribution in [-0.4, -0.2) is 18.8 Å². The van der Waals surface area contributed by atoms with E-state index >= 15 is 0 Å². The molecule has 1 nitrogen and oxygen atoms in total. The van der Waals surface area contributed by atoms with Crippen molar-refractivity contribution in [2.75, 3.05) is 6.61 Å². The Labute approximate surface area is 97.9 Å². The molecule has 0 aromatic carbocycles. The van der Waals surface area contributed by atoms with E-state index in [2.05, 4.69) is 63.4 Å². The molecule has 0 rings (SSSR count). The molecule has 1 atom stereocenters. The molecule has 0 radical (unpaired) electrons. The van der Waals surface area contributed by atoms with Crippen molar-refractivity contribution in [3.05, 3.63) is 0 Å². The van der Waals surface area contributed by atoms with Crippen LogP contribution in [0.3, 0.4) is 0 Å². The summed E-state index contributed by atoms with van der Waals surface area (Å²) in [5.41, 5.74) is 0. The molecule has 0 saturated heterocycles. The fourth-order valence-electron chi connectivity index (χ4n) is 0.693. The van der Waals surface area contributed by atoms with Crippen LogP contribution in [0, 0.1) is 0 Å². The van der Waals surface area contributed by atoms with Gasteiger partial charge in [0.15, 0.2) is 8.32 Å². The van der Waals surface area contributed by atoms with Gasteiger partial charge >= 0.3 is 0 Å². The normalized spacial score (nSPS) is 15.9. The summed E-state index contributed by atoms with van der Waals surface area (Å²) in [6.07, 6.45) is 1.17. The predicted molar refractivity (Wildman–Crippen MR) is 71.2 cm³/mol. The van der Waals surface area contributed by atoms with Gasteiger partial charge in [0.05, 0.1) is 0 Å². The largest absolute Gasteiger partial charge is 0.417 e. The monoisotopic (exact) mass is 314 g/mol. The van der Waals surface area contributed by atoms with Gasteiger partial charge in [0, 0.05) is 10.5 Å². The van der Waals surface area contributed by atoms with Gasteiger partial charge in [-0.3, -0.25) is 0 Å². The minimum Gasteiger partial charge on any atom is -0.417 e. The third kappa shape index (κ3) is 5.37. The lowest BCUT2D eigenvalue weighted by molar-refractivity contribution is 0.284. The SMILES string of the molecule is C[C@H](I)CCO[Si](C)(C)C(C)(C)C. The van der Waals surface area contributed by atoms with Crippen molar-refractivity contribution in [3.8, 4) is 0 Å². The van der Waals surface area contributed by atoms with E-state index in [-0.39, 0.29) is 0 Å².